The van der Waals surface area contributed by atoms with Crippen LogP contribution in [0.2, 0.25) is 0 Å². The van der Waals surface area contributed by atoms with E-state index in [4.69, 9.17) is 4.74 Å². The molecule has 0 N–H and O–H groups in total. The molecule has 1 aromatic carbocycles. The molecule has 1 aromatic heterocycles. The van der Waals surface area contributed by atoms with Gasteiger partial charge >= 0.3 is 0 Å². The Morgan fingerprint density at radius 3 is 2.50 bits per heavy atom. The molecule has 24 heavy (non-hydrogen) atoms. The molecule has 2 heterocycles. The van der Waals surface area contributed by atoms with Crippen LogP contribution in [-0.4, -0.2) is 54.1 Å². The first kappa shape index (κ1) is 16.4. The Hall–Kier alpha value is -2.47. The maximum atomic E-state index is 12.4. The van der Waals surface area contributed by atoms with Crippen LogP contribution in [0.5, 0.6) is 0 Å². The van der Waals surface area contributed by atoms with Gasteiger partial charge in [-0.05, 0) is 24.6 Å². The summed E-state index contributed by atoms with van der Waals surface area (Å²) in [4.78, 5) is 24.6. The van der Waals surface area contributed by atoms with Crippen molar-refractivity contribution in [2.45, 2.75) is 13.5 Å². The highest BCUT2D eigenvalue weighted by molar-refractivity contribution is 5.91. The molecule has 1 aliphatic heterocycles. The van der Waals surface area contributed by atoms with E-state index in [1.54, 1.807) is 18.1 Å². The Bertz CT molecular complexity index is 679. The summed E-state index contributed by atoms with van der Waals surface area (Å²) in [6.45, 7) is 5.78. The van der Waals surface area contributed by atoms with Crippen molar-refractivity contribution in [1.29, 1.82) is 0 Å². The molecule has 1 saturated heterocycles. The van der Waals surface area contributed by atoms with Crippen molar-refractivity contribution in [3.05, 3.63) is 53.6 Å². The number of carbonyl (C=O) groups is 1. The molecule has 0 spiro atoms. The van der Waals surface area contributed by atoms with Crippen LogP contribution in [0.4, 0.5) is 5.69 Å². The molecule has 6 heteroatoms. The SMILES string of the molecule is Cc1cnc(C(=O)N(C)Cc2ccc(N3CCOCC3)cc2)cn1. The second kappa shape index (κ2) is 7.40. The number of ether oxygens (including phenoxy) is 1. The van der Waals surface area contributed by atoms with Crippen molar-refractivity contribution in [2.75, 3.05) is 38.3 Å². The molecule has 1 aliphatic rings. The van der Waals surface area contributed by atoms with E-state index in [1.807, 2.05) is 6.92 Å². The maximum Gasteiger partial charge on any atom is 0.274 e. The van der Waals surface area contributed by atoms with Gasteiger partial charge in [-0.2, -0.15) is 0 Å². The zero-order chi connectivity index (χ0) is 16.9. The predicted octanol–water partition coefficient (Wildman–Crippen LogP) is 1.89. The van der Waals surface area contributed by atoms with Gasteiger partial charge in [0.1, 0.15) is 5.69 Å². The number of amides is 1. The zero-order valence-corrected chi connectivity index (χ0v) is 14.1. The van der Waals surface area contributed by atoms with Crippen molar-refractivity contribution in [2.24, 2.45) is 0 Å². The number of anilines is 1. The molecule has 0 atom stereocenters. The van der Waals surface area contributed by atoms with Gasteiger partial charge in [0.05, 0.1) is 25.1 Å². The van der Waals surface area contributed by atoms with Crippen molar-refractivity contribution in [3.8, 4) is 0 Å². The number of carbonyl (C=O) groups excluding carboxylic acids is 1. The summed E-state index contributed by atoms with van der Waals surface area (Å²) in [5, 5.41) is 0. The van der Waals surface area contributed by atoms with Gasteiger partial charge in [-0.1, -0.05) is 12.1 Å². The van der Waals surface area contributed by atoms with Gasteiger partial charge in [-0.3, -0.25) is 9.78 Å². The smallest absolute Gasteiger partial charge is 0.274 e. The molecular weight excluding hydrogens is 304 g/mol. The third-order valence-corrected chi connectivity index (χ3v) is 4.08. The van der Waals surface area contributed by atoms with Crippen molar-refractivity contribution >= 4 is 11.6 Å². The lowest BCUT2D eigenvalue weighted by Crippen LogP contribution is -2.36. The van der Waals surface area contributed by atoms with Crippen molar-refractivity contribution in [3.63, 3.8) is 0 Å². The van der Waals surface area contributed by atoms with Gasteiger partial charge in [-0.15, -0.1) is 0 Å². The fourth-order valence-electron chi connectivity index (χ4n) is 2.68. The van der Waals surface area contributed by atoms with E-state index in [0.29, 0.717) is 12.2 Å². The van der Waals surface area contributed by atoms with E-state index in [2.05, 4.69) is 39.1 Å². The molecule has 1 amide bonds. The molecule has 0 saturated carbocycles. The minimum absolute atomic E-state index is 0.125. The van der Waals surface area contributed by atoms with E-state index in [0.717, 1.165) is 37.6 Å². The lowest BCUT2D eigenvalue weighted by molar-refractivity contribution is 0.0778. The first-order chi connectivity index (χ1) is 11.6. The van der Waals surface area contributed by atoms with Crippen molar-refractivity contribution in [1.82, 2.24) is 14.9 Å². The first-order valence-corrected chi connectivity index (χ1v) is 8.09. The van der Waals surface area contributed by atoms with Crippen LogP contribution in [-0.2, 0) is 11.3 Å². The van der Waals surface area contributed by atoms with Crippen molar-refractivity contribution < 1.29 is 9.53 Å². The highest BCUT2D eigenvalue weighted by atomic mass is 16.5. The Kier molecular flexibility index (Phi) is 5.05. The molecule has 0 radical (unpaired) electrons. The standard InChI is InChI=1S/C18H22N4O2/c1-14-11-20-17(12-19-14)18(23)21(2)13-15-3-5-16(6-4-15)22-7-9-24-10-8-22/h3-6,11-12H,7-10,13H2,1-2H3. The number of hydrogen-bond acceptors (Lipinski definition) is 5. The fourth-order valence-corrected chi connectivity index (χ4v) is 2.68. The summed E-state index contributed by atoms with van der Waals surface area (Å²) in [6, 6.07) is 8.33. The Morgan fingerprint density at radius 2 is 1.88 bits per heavy atom. The summed E-state index contributed by atoms with van der Waals surface area (Å²) in [5.74, 6) is -0.125. The number of aromatic nitrogens is 2. The number of nitrogens with zero attached hydrogens (tertiary/aromatic N) is 4. The Labute approximate surface area is 142 Å². The largest absolute Gasteiger partial charge is 0.378 e. The van der Waals surface area contributed by atoms with E-state index < -0.39 is 0 Å². The molecule has 0 bridgehead atoms. The highest BCUT2D eigenvalue weighted by Crippen LogP contribution is 2.17. The number of rotatable bonds is 4. The average Bonchev–Trinajstić information content (AvgIpc) is 2.63. The van der Waals surface area contributed by atoms with Gasteiger partial charge in [0, 0.05) is 38.6 Å². The van der Waals surface area contributed by atoms with Crippen LogP contribution in [0.3, 0.4) is 0 Å². The van der Waals surface area contributed by atoms with E-state index in [9.17, 15) is 4.79 Å². The third-order valence-electron chi connectivity index (χ3n) is 4.08. The van der Waals surface area contributed by atoms with Gasteiger partial charge in [0.15, 0.2) is 0 Å². The van der Waals surface area contributed by atoms with Gasteiger partial charge in [0.2, 0.25) is 0 Å². The lowest BCUT2D eigenvalue weighted by Gasteiger charge is -2.29. The number of benzene rings is 1. The molecule has 1 fully saturated rings. The number of morpholine rings is 1. The van der Waals surface area contributed by atoms with Gasteiger partial charge in [0.25, 0.3) is 5.91 Å². The molecule has 3 rings (SSSR count). The monoisotopic (exact) mass is 326 g/mol. The summed E-state index contributed by atoms with van der Waals surface area (Å²) in [7, 11) is 1.78. The van der Waals surface area contributed by atoms with E-state index in [1.165, 1.54) is 11.9 Å². The summed E-state index contributed by atoms with van der Waals surface area (Å²) >= 11 is 0. The summed E-state index contributed by atoms with van der Waals surface area (Å²) in [5.41, 5.74) is 3.45. The maximum absolute atomic E-state index is 12.4. The third kappa shape index (κ3) is 3.89. The van der Waals surface area contributed by atoms with Crippen LogP contribution in [0.25, 0.3) is 0 Å². The lowest BCUT2D eigenvalue weighted by atomic mass is 10.1. The van der Waals surface area contributed by atoms with Crippen LogP contribution in [0.15, 0.2) is 36.7 Å². The topological polar surface area (TPSA) is 58.6 Å². The average molecular weight is 326 g/mol. The number of hydrogen-bond donors (Lipinski definition) is 0. The highest BCUT2D eigenvalue weighted by Gasteiger charge is 2.15. The molecule has 126 valence electrons. The van der Waals surface area contributed by atoms with Crippen LogP contribution in [0, 0.1) is 6.92 Å². The van der Waals surface area contributed by atoms with Crippen LogP contribution >= 0.6 is 0 Å². The second-order valence-electron chi connectivity index (χ2n) is 5.97. The Balaban J connectivity index is 1.62. The van der Waals surface area contributed by atoms with Gasteiger partial charge < -0.3 is 14.5 Å². The zero-order valence-electron chi connectivity index (χ0n) is 14.1. The molecular formula is C18H22N4O2. The summed E-state index contributed by atoms with van der Waals surface area (Å²) in [6.07, 6.45) is 3.13. The van der Waals surface area contributed by atoms with Gasteiger partial charge in [-0.25, -0.2) is 4.98 Å². The second-order valence-corrected chi connectivity index (χ2v) is 5.97. The predicted molar refractivity (Wildman–Crippen MR) is 92.0 cm³/mol. The fraction of sp³-hybridized carbons (Fsp3) is 0.389. The quantitative estimate of drug-likeness (QED) is 0.859. The van der Waals surface area contributed by atoms with Crippen LogP contribution in [0.1, 0.15) is 21.7 Å². The molecule has 0 unspecified atom stereocenters. The molecule has 0 aliphatic carbocycles. The van der Waals surface area contributed by atoms with E-state index in [-0.39, 0.29) is 5.91 Å². The minimum Gasteiger partial charge on any atom is -0.378 e. The van der Waals surface area contributed by atoms with E-state index >= 15 is 0 Å². The molecule has 2 aromatic rings. The Morgan fingerprint density at radius 1 is 1.17 bits per heavy atom. The normalized spacial score (nSPS) is 14.5. The van der Waals surface area contributed by atoms with Crippen LogP contribution < -0.4 is 4.90 Å². The molecule has 6 nitrogen and oxygen atoms in total. The minimum atomic E-state index is -0.125. The first-order valence-electron chi connectivity index (χ1n) is 8.09. The summed E-state index contributed by atoms with van der Waals surface area (Å²) < 4.78 is 5.38. The number of aryl methyl sites for hydroxylation is 1.